The molecule has 1 aliphatic carbocycles. The number of hydrogen-bond donors (Lipinski definition) is 2. The fraction of sp³-hybridized carbons (Fsp3) is 1.00. The first-order valence-electron chi connectivity index (χ1n) is 6.24. The maximum atomic E-state index is 9.08. The van der Waals surface area contributed by atoms with E-state index in [1.165, 1.54) is 38.5 Å². The molecule has 0 heterocycles. The van der Waals surface area contributed by atoms with Gasteiger partial charge in [-0.05, 0) is 25.8 Å². The Labute approximate surface area is 88.1 Å². The molecule has 0 unspecified atom stereocenters. The minimum atomic E-state index is -0.0166. The lowest BCUT2D eigenvalue weighted by atomic mass is 9.89. The van der Waals surface area contributed by atoms with E-state index in [-0.39, 0.29) is 6.10 Å². The Morgan fingerprint density at radius 2 is 1.71 bits per heavy atom. The molecule has 0 aromatic rings. The van der Waals surface area contributed by atoms with Crippen molar-refractivity contribution in [2.75, 3.05) is 6.54 Å². The van der Waals surface area contributed by atoms with Crippen LogP contribution in [-0.4, -0.2) is 23.8 Å². The summed E-state index contributed by atoms with van der Waals surface area (Å²) in [6, 6.07) is 0.612. The molecule has 2 nitrogen and oxygen atoms in total. The van der Waals surface area contributed by atoms with E-state index < -0.39 is 0 Å². The standard InChI is InChI=1S/C12H25NO/c1-2-3-4-5-6-7-8-13-11-9-12(14)10-11/h11-14H,2-10H2,1H3. The smallest absolute Gasteiger partial charge is 0.0570 e. The van der Waals surface area contributed by atoms with Gasteiger partial charge in [0.15, 0.2) is 0 Å². The van der Waals surface area contributed by atoms with Crippen molar-refractivity contribution >= 4 is 0 Å². The molecule has 1 rings (SSSR count). The van der Waals surface area contributed by atoms with Crippen LogP contribution < -0.4 is 5.32 Å². The van der Waals surface area contributed by atoms with Gasteiger partial charge in [0.1, 0.15) is 0 Å². The molecule has 1 fully saturated rings. The molecule has 1 aliphatic rings. The Bertz CT molecular complexity index is 132. The van der Waals surface area contributed by atoms with Crippen LogP contribution in [0.25, 0.3) is 0 Å². The molecule has 0 aliphatic heterocycles. The highest BCUT2D eigenvalue weighted by Crippen LogP contribution is 2.19. The van der Waals surface area contributed by atoms with Gasteiger partial charge in [-0.15, -0.1) is 0 Å². The van der Waals surface area contributed by atoms with Gasteiger partial charge in [0.2, 0.25) is 0 Å². The molecule has 2 heteroatoms. The molecule has 0 atom stereocenters. The molecule has 0 aromatic heterocycles. The lowest BCUT2D eigenvalue weighted by molar-refractivity contribution is 0.0626. The molecular weight excluding hydrogens is 174 g/mol. The van der Waals surface area contributed by atoms with Gasteiger partial charge in [0.05, 0.1) is 6.10 Å². The van der Waals surface area contributed by atoms with Crippen LogP contribution >= 0.6 is 0 Å². The third-order valence-electron chi connectivity index (χ3n) is 3.08. The summed E-state index contributed by atoms with van der Waals surface area (Å²) in [6.45, 7) is 3.40. The molecule has 0 amide bonds. The van der Waals surface area contributed by atoms with Crippen LogP contribution in [0.2, 0.25) is 0 Å². The topological polar surface area (TPSA) is 32.3 Å². The number of unbranched alkanes of at least 4 members (excludes halogenated alkanes) is 5. The second kappa shape index (κ2) is 7.24. The third-order valence-corrected chi connectivity index (χ3v) is 3.08. The van der Waals surface area contributed by atoms with Crippen molar-refractivity contribution in [1.82, 2.24) is 5.32 Å². The maximum absolute atomic E-state index is 9.08. The van der Waals surface area contributed by atoms with Crippen molar-refractivity contribution in [2.24, 2.45) is 0 Å². The summed E-state index contributed by atoms with van der Waals surface area (Å²) < 4.78 is 0. The van der Waals surface area contributed by atoms with Crippen molar-refractivity contribution in [2.45, 2.75) is 70.4 Å². The van der Waals surface area contributed by atoms with E-state index >= 15 is 0 Å². The van der Waals surface area contributed by atoms with Crippen molar-refractivity contribution in [3.05, 3.63) is 0 Å². The molecule has 84 valence electrons. The van der Waals surface area contributed by atoms with Crippen LogP contribution in [0.1, 0.15) is 58.3 Å². The molecule has 0 aromatic carbocycles. The van der Waals surface area contributed by atoms with Gasteiger partial charge in [-0.1, -0.05) is 39.0 Å². The SMILES string of the molecule is CCCCCCCCNC1CC(O)C1. The van der Waals surface area contributed by atoms with Crippen LogP contribution in [0, 0.1) is 0 Å². The van der Waals surface area contributed by atoms with Gasteiger partial charge in [0, 0.05) is 6.04 Å². The molecular formula is C12H25NO. The van der Waals surface area contributed by atoms with Crippen LogP contribution in [0.15, 0.2) is 0 Å². The highest BCUT2D eigenvalue weighted by atomic mass is 16.3. The molecule has 14 heavy (non-hydrogen) atoms. The van der Waals surface area contributed by atoms with Crippen molar-refractivity contribution in [3.8, 4) is 0 Å². The van der Waals surface area contributed by atoms with E-state index in [0.717, 1.165) is 19.4 Å². The van der Waals surface area contributed by atoms with Crippen LogP contribution in [-0.2, 0) is 0 Å². The van der Waals surface area contributed by atoms with Crippen molar-refractivity contribution < 1.29 is 5.11 Å². The number of nitrogens with one attached hydrogen (secondary N) is 1. The average molecular weight is 199 g/mol. The first-order chi connectivity index (χ1) is 6.83. The molecule has 0 spiro atoms. The van der Waals surface area contributed by atoms with Crippen LogP contribution in [0.5, 0.6) is 0 Å². The molecule has 2 N–H and O–H groups in total. The Balaban J connectivity index is 1.72. The minimum Gasteiger partial charge on any atom is -0.393 e. The Kier molecular flexibility index (Phi) is 6.20. The van der Waals surface area contributed by atoms with Gasteiger partial charge < -0.3 is 10.4 Å². The van der Waals surface area contributed by atoms with Crippen molar-refractivity contribution in [1.29, 1.82) is 0 Å². The zero-order chi connectivity index (χ0) is 10.2. The number of hydrogen-bond acceptors (Lipinski definition) is 2. The van der Waals surface area contributed by atoms with Crippen molar-refractivity contribution in [3.63, 3.8) is 0 Å². The normalized spacial score (nSPS) is 26.1. The summed E-state index contributed by atoms with van der Waals surface area (Å²) in [5, 5.41) is 12.6. The van der Waals surface area contributed by atoms with Crippen LogP contribution in [0.4, 0.5) is 0 Å². The summed E-state index contributed by atoms with van der Waals surface area (Å²) in [5.74, 6) is 0. The number of aliphatic hydroxyl groups is 1. The monoisotopic (exact) mass is 199 g/mol. The average Bonchev–Trinajstić information content (AvgIpc) is 2.13. The van der Waals surface area contributed by atoms with E-state index in [0.29, 0.717) is 6.04 Å². The van der Waals surface area contributed by atoms with E-state index in [1.54, 1.807) is 0 Å². The van der Waals surface area contributed by atoms with Gasteiger partial charge in [-0.25, -0.2) is 0 Å². The van der Waals surface area contributed by atoms with Gasteiger partial charge >= 0.3 is 0 Å². The summed E-state index contributed by atoms with van der Waals surface area (Å²) in [7, 11) is 0. The lowest BCUT2D eigenvalue weighted by Crippen LogP contribution is -2.44. The number of aliphatic hydroxyl groups excluding tert-OH is 1. The second-order valence-corrected chi connectivity index (χ2v) is 4.54. The molecule has 0 saturated heterocycles. The highest BCUT2D eigenvalue weighted by Gasteiger charge is 2.25. The Morgan fingerprint density at radius 1 is 1.07 bits per heavy atom. The summed E-state index contributed by atoms with van der Waals surface area (Å²) in [6.07, 6.45) is 10.1. The first-order valence-corrected chi connectivity index (χ1v) is 6.24. The van der Waals surface area contributed by atoms with E-state index in [2.05, 4.69) is 12.2 Å². The Hall–Kier alpha value is -0.0800. The Morgan fingerprint density at radius 3 is 2.36 bits per heavy atom. The predicted molar refractivity (Wildman–Crippen MR) is 60.4 cm³/mol. The first kappa shape index (κ1) is 12.0. The van der Waals surface area contributed by atoms with E-state index in [4.69, 9.17) is 5.11 Å². The summed E-state index contributed by atoms with van der Waals surface area (Å²) in [5.41, 5.74) is 0. The maximum Gasteiger partial charge on any atom is 0.0570 e. The molecule has 0 bridgehead atoms. The second-order valence-electron chi connectivity index (χ2n) is 4.54. The fourth-order valence-corrected chi connectivity index (χ4v) is 1.97. The van der Waals surface area contributed by atoms with E-state index in [9.17, 15) is 0 Å². The van der Waals surface area contributed by atoms with E-state index in [1.807, 2.05) is 0 Å². The zero-order valence-corrected chi connectivity index (χ0v) is 9.47. The summed E-state index contributed by atoms with van der Waals surface area (Å²) in [4.78, 5) is 0. The lowest BCUT2D eigenvalue weighted by Gasteiger charge is -2.32. The van der Waals surface area contributed by atoms with Gasteiger partial charge in [-0.2, -0.15) is 0 Å². The quantitative estimate of drug-likeness (QED) is 0.589. The van der Waals surface area contributed by atoms with Gasteiger partial charge in [-0.3, -0.25) is 0 Å². The minimum absolute atomic E-state index is 0.0166. The molecule has 0 radical (unpaired) electrons. The highest BCUT2D eigenvalue weighted by molar-refractivity contribution is 4.84. The molecule has 1 saturated carbocycles. The third kappa shape index (κ3) is 4.97. The largest absolute Gasteiger partial charge is 0.393 e. The van der Waals surface area contributed by atoms with Gasteiger partial charge in [0.25, 0.3) is 0 Å². The number of rotatable bonds is 8. The predicted octanol–water partition coefficient (Wildman–Crippen LogP) is 2.46. The zero-order valence-electron chi connectivity index (χ0n) is 9.47. The fourth-order valence-electron chi connectivity index (χ4n) is 1.97. The van der Waals surface area contributed by atoms with Crippen LogP contribution in [0.3, 0.4) is 0 Å². The summed E-state index contributed by atoms with van der Waals surface area (Å²) >= 11 is 0.